The second-order valence-corrected chi connectivity index (χ2v) is 10.7. The lowest BCUT2D eigenvalue weighted by Crippen LogP contribution is -2.71. The quantitative estimate of drug-likeness (QED) is 0.372. The third kappa shape index (κ3) is 4.56. The number of aliphatic imine (C=N–C) groups is 1. The molecule has 3 aliphatic heterocycles. The second kappa shape index (κ2) is 10.4. The number of thioether (sulfide) groups is 1. The highest BCUT2D eigenvalue weighted by atomic mass is 32.2. The van der Waals surface area contributed by atoms with Crippen molar-refractivity contribution < 1.29 is 14.3 Å². The fourth-order valence-corrected chi connectivity index (χ4v) is 6.35. The van der Waals surface area contributed by atoms with Crippen molar-refractivity contribution in [2.45, 2.75) is 30.5 Å². The smallest absolute Gasteiger partial charge is 0.356 e. The minimum Gasteiger partial charge on any atom is -0.448 e. The molecule has 0 aromatic heterocycles. The SMILES string of the molecule is CC1=C(C(=O)OC(c2ccccc2)c2ccccc2)N2C(=O)[C@@H](NC3=NCC(c4ccccc4)N3)C2SC1. The maximum Gasteiger partial charge on any atom is 0.356 e. The van der Waals surface area contributed by atoms with Crippen LogP contribution in [0, 0.1) is 0 Å². The first-order valence-corrected chi connectivity index (χ1v) is 13.7. The number of hydrogen-bond acceptors (Lipinski definition) is 7. The molecule has 2 unspecified atom stereocenters. The molecule has 7 nitrogen and oxygen atoms in total. The first kappa shape index (κ1) is 24.3. The fourth-order valence-electron chi connectivity index (χ4n) is 5.06. The van der Waals surface area contributed by atoms with Gasteiger partial charge >= 0.3 is 5.97 Å². The molecule has 3 aromatic carbocycles. The molecule has 0 saturated carbocycles. The van der Waals surface area contributed by atoms with Gasteiger partial charge in [-0.25, -0.2) is 4.79 Å². The van der Waals surface area contributed by atoms with E-state index in [1.54, 1.807) is 16.7 Å². The number of esters is 1. The van der Waals surface area contributed by atoms with E-state index in [1.165, 1.54) is 0 Å². The maximum absolute atomic E-state index is 13.6. The summed E-state index contributed by atoms with van der Waals surface area (Å²) in [5.41, 5.74) is 4.08. The van der Waals surface area contributed by atoms with E-state index < -0.39 is 18.1 Å². The minimum atomic E-state index is -0.574. The van der Waals surface area contributed by atoms with Crippen LogP contribution in [0.15, 0.2) is 107 Å². The average Bonchev–Trinajstić information content (AvgIpc) is 3.45. The lowest BCUT2D eigenvalue weighted by molar-refractivity contribution is -0.153. The van der Waals surface area contributed by atoms with Crippen LogP contribution in [-0.4, -0.2) is 46.4 Å². The Morgan fingerprint density at radius 2 is 1.61 bits per heavy atom. The molecule has 192 valence electrons. The van der Waals surface area contributed by atoms with E-state index in [2.05, 4.69) is 27.8 Å². The number of rotatable bonds is 6. The summed E-state index contributed by atoms with van der Waals surface area (Å²) in [6, 6.07) is 29.1. The Morgan fingerprint density at radius 1 is 1.00 bits per heavy atom. The molecule has 0 bridgehead atoms. The van der Waals surface area contributed by atoms with Crippen molar-refractivity contribution >= 4 is 29.6 Å². The van der Waals surface area contributed by atoms with Gasteiger partial charge in [0.05, 0.1) is 12.6 Å². The maximum atomic E-state index is 13.6. The first-order chi connectivity index (χ1) is 18.6. The number of ether oxygens (including phenoxy) is 1. The van der Waals surface area contributed by atoms with Gasteiger partial charge in [0.2, 0.25) is 0 Å². The van der Waals surface area contributed by atoms with E-state index in [9.17, 15) is 9.59 Å². The van der Waals surface area contributed by atoms with Gasteiger partial charge in [-0.05, 0) is 29.2 Å². The van der Waals surface area contributed by atoms with E-state index >= 15 is 0 Å². The number of nitrogens with one attached hydrogen (secondary N) is 2. The summed E-state index contributed by atoms with van der Waals surface area (Å²) in [5, 5.41) is 6.46. The Balaban J connectivity index is 1.17. The van der Waals surface area contributed by atoms with Crippen molar-refractivity contribution in [2.24, 2.45) is 4.99 Å². The molecule has 0 spiro atoms. The summed E-state index contributed by atoms with van der Waals surface area (Å²) in [4.78, 5) is 33.1. The number of nitrogens with zero attached hydrogens (tertiary/aromatic N) is 2. The zero-order chi connectivity index (χ0) is 26.1. The summed E-state index contributed by atoms with van der Waals surface area (Å²) < 4.78 is 6.11. The Kier molecular flexibility index (Phi) is 6.64. The van der Waals surface area contributed by atoms with Crippen LogP contribution in [0.3, 0.4) is 0 Å². The molecule has 0 aliphatic carbocycles. The largest absolute Gasteiger partial charge is 0.448 e. The summed E-state index contributed by atoms with van der Waals surface area (Å²) in [7, 11) is 0. The summed E-state index contributed by atoms with van der Waals surface area (Å²) >= 11 is 1.64. The van der Waals surface area contributed by atoms with Gasteiger partial charge in [0.25, 0.3) is 5.91 Å². The van der Waals surface area contributed by atoms with Crippen molar-refractivity contribution in [3.05, 3.63) is 119 Å². The van der Waals surface area contributed by atoms with E-state index in [0.29, 0.717) is 24.0 Å². The topological polar surface area (TPSA) is 83.0 Å². The van der Waals surface area contributed by atoms with Crippen LogP contribution >= 0.6 is 11.8 Å². The molecule has 1 saturated heterocycles. The Labute approximate surface area is 226 Å². The second-order valence-electron chi connectivity index (χ2n) is 9.56. The molecule has 1 amide bonds. The normalized spacial score (nSPS) is 22.4. The Morgan fingerprint density at radius 3 is 2.24 bits per heavy atom. The molecule has 8 heteroatoms. The minimum absolute atomic E-state index is 0.0737. The number of β-lactam (4-membered cyclic amide) rings is 1. The summed E-state index contributed by atoms with van der Waals surface area (Å²) in [6.45, 7) is 2.49. The Hall–Kier alpha value is -4.04. The van der Waals surface area contributed by atoms with Crippen molar-refractivity contribution in [1.82, 2.24) is 15.5 Å². The van der Waals surface area contributed by atoms with Crippen LogP contribution < -0.4 is 10.6 Å². The molecule has 3 heterocycles. The third-order valence-corrected chi connectivity index (χ3v) is 8.44. The molecule has 3 aliphatic rings. The van der Waals surface area contributed by atoms with E-state index in [-0.39, 0.29) is 17.3 Å². The van der Waals surface area contributed by atoms with Gasteiger partial charge in [0.1, 0.15) is 17.1 Å². The van der Waals surface area contributed by atoms with Gasteiger partial charge in [-0.2, -0.15) is 0 Å². The Bertz CT molecular complexity index is 1360. The van der Waals surface area contributed by atoms with Crippen LogP contribution in [0.25, 0.3) is 0 Å². The number of benzene rings is 3. The number of guanidine groups is 1. The standard InChI is InChI=1S/C30H28N4O3S/c1-19-18-38-28-24(33-30-31-17-23(32-30)20-11-5-2-6-12-20)27(35)34(28)25(19)29(36)37-26(21-13-7-3-8-14-21)22-15-9-4-10-16-22/h2-16,23-24,26,28H,17-18H2,1H3,(H2,31,32,33)/t23?,24-,28?/m1/s1. The zero-order valence-corrected chi connectivity index (χ0v) is 21.7. The molecule has 3 atom stereocenters. The van der Waals surface area contributed by atoms with Crippen LogP contribution in [0.5, 0.6) is 0 Å². The lowest BCUT2D eigenvalue weighted by atomic mass is 10.0. The number of hydrogen-bond donors (Lipinski definition) is 2. The van der Waals surface area contributed by atoms with Gasteiger partial charge < -0.3 is 15.4 Å². The van der Waals surface area contributed by atoms with E-state index in [1.807, 2.05) is 85.8 Å². The van der Waals surface area contributed by atoms with Gasteiger partial charge in [-0.15, -0.1) is 11.8 Å². The van der Waals surface area contributed by atoms with Crippen LogP contribution in [0.1, 0.15) is 35.8 Å². The zero-order valence-electron chi connectivity index (χ0n) is 20.9. The highest BCUT2D eigenvalue weighted by Crippen LogP contribution is 2.41. The predicted octanol–water partition coefficient (Wildman–Crippen LogP) is 4.17. The third-order valence-electron chi connectivity index (χ3n) is 7.02. The first-order valence-electron chi connectivity index (χ1n) is 12.7. The number of amides is 1. The van der Waals surface area contributed by atoms with Crippen molar-refractivity contribution in [2.75, 3.05) is 12.3 Å². The monoisotopic (exact) mass is 524 g/mol. The average molecular weight is 525 g/mol. The number of fused-ring (bicyclic) bond motifs is 1. The molecule has 38 heavy (non-hydrogen) atoms. The van der Waals surface area contributed by atoms with Crippen LogP contribution in [-0.2, 0) is 14.3 Å². The highest BCUT2D eigenvalue weighted by molar-refractivity contribution is 8.00. The van der Waals surface area contributed by atoms with Crippen LogP contribution in [0.4, 0.5) is 0 Å². The van der Waals surface area contributed by atoms with Crippen molar-refractivity contribution in [1.29, 1.82) is 0 Å². The van der Waals surface area contributed by atoms with Crippen molar-refractivity contribution in [3.63, 3.8) is 0 Å². The van der Waals surface area contributed by atoms with E-state index in [4.69, 9.17) is 4.74 Å². The summed E-state index contributed by atoms with van der Waals surface area (Å²) in [5.74, 6) is 0.612. The molecular weight excluding hydrogens is 496 g/mol. The van der Waals surface area contributed by atoms with Gasteiger partial charge in [-0.3, -0.25) is 14.7 Å². The summed E-state index contributed by atoms with van der Waals surface area (Å²) in [6.07, 6.45) is -0.574. The molecule has 2 N–H and O–H groups in total. The number of carbonyl (C=O) groups excluding carboxylic acids is 2. The highest BCUT2D eigenvalue weighted by Gasteiger charge is 2.54. The van der Waals surface area contributed by atoms with Gasteiger partial charge in [0.15, 0.2) is 12.1 Å². The molecule has 3 aromatic rings. The number of carbonyl (C=O) groups is 2. The fraction of sp³-hybridized carbons (Fsp3) is 0.233. The van der Waals surface area contributed by atoms with Crippen LogP contribution in [0.2, 0.25) is 0 Å². The van der Waals surface area contributed by atoms with Crippen molar-refractivity contribution in [3.8, 4) is 0 Å². The predicted molar refractivity (Wildman–Crippen MR) is 148 cm³/mol. The molecular formula is C30H28N4O3S. The van der Waals surface area contributed by atoms with Gasteiger partial charge in [0, 0.05) is 5.75 Å². The molecule has 0 radical (unpaired) electrons. The molecule has 6 rings (SSSR count). The lowest BCUT2D eigenvalue weighted by Gasteiger charge is -2.49. The van der Waals surface area contributed by atoms with Gasteiger partial charge in [-0.1, -0.05) is 91.0 Å². The van der Waals surface area contributed by atoms with E-state index in [0.717, 1.165) is 22.3 Å². The molecule has 1 fully saturated rings.